The van der Waals surface area contributed by atoms with Gasteiger partial charge in [-0.3, -0.25) is 9.59 Å². The summed E-state index contributed by atoms with van der Waals surface area (Å²) in [4.78, 5) is 29.2. The van der Waals surface area contributed by atoms with Crippen LogP contribution in [0.1, 0.15) is 50.0 Å². The minimum absolute atomic E-state index is 0.136. The van der Waals surface area contributed by atoms with Gasteiger partial charge >= 0.3 is 0 Å². The Labute approximate surface area is 164 Å². The maximum absolute atomic E-state index is 12.8. The molecule has 1 aromatic carbocycles. The van der Waals surface area contributed by atoms with Crippen LogP contribution in [-0.2, 0) is 9.59 Å². The van der Waals surface area contributed by atoms with Crippen LogP contribution < -0.4 is 0 Å². The lowest BCUT2D eigenvalue weighted by Gasteiger charge is -2.35. The van der Waals surface area contributed by atoms with Crippen LogP contribution in [0.25, 0.3) is 0 Å². The number of hydrogen-bond acceptors (Lipinski definition) is 2. The van der Waals surface area contributed by atoms with Crippen molar-refractivity contribution in [2.75, 3.05) is 26.2 Å². The second-order valence-corrected chi connectivity index (χ2v) is 8.98. The lowest BCUT2D eigenvalue weighted by Crippen LogP contribution is -2.51. The van der Waals surface area contributed by atoms with E-state index in [1.165, 1.54) is 31.2 Å². The topological polar surface area (TPSA) is 40.6 Å². The van der Waals surface area contributed by atoms with E-state index >= 15 is 0 Å². The van der Waals surface area contributed by atoms with Gasteiger partial charge in [0.05, 0.1) is 0 Å². The smallest absolute Gasteiger partial charge is 0.226 e. The molecule has 0 bridgehead atoms. The molecule has 1 aromatic rings. The largest absolute Gasteiger partial charge is 0.339 e. The number of amides is 2. The van der Waals surface area contributed by atoms with Gasteiger partial charge < -0.3 is 9.80 Å². The molecule has 2 unspecified atom stereocenters. The van der Waals surface area contributed by atoms with Gasteiger partial charge in [0, 0.05) is 43.0 Å². The summed E-state index contributed by atoms with van der Waals surface area (Å²) < 4.78 is 1.07. The average Bonchev–Trinajstić information content (AvgIpc) is 3.30. The van der Waals surface area contributed by atoms with Gasteiger partial charge in [0.15, 0.2) is 0 Å². The molecule has 4 nitrogen and oxygen atoms in total. The Hall–Kier alpha value is -1.36. The van der Waals surface area contributed by atoms with E-state index in [4.69, 9.17) is 0 Å². The van der Waals surface area contributed by atoms with E-state index in [2.05, 4.69) is 28.1 Å². The Morgan fingerprint density at radius 3 is 2.23 bits per heavy atom. The first-order valence-electron chi connectivity index (χ1n) is 9.94. The van der Waals surface area contributed by atoms with Gasteiger partial charge in [0.1, 0.15) is 0 Å². The van der Waals surface area contributed by atoms with Gasteiger partial charge in [-0.25, -0.2) is 0 Å². The molecule has 2 saturated carbocycles. The van der Waals surface area contributed by atoms with Gasteiger partial charge in [0.2, 0.25) is 11.8 Å². The van der Waals surface area contributed by atoms with E-state index in [9.17, 15) is 9.59 Å². The van der Waals surface area contributed by atoms with E-state index in [1.54, 1.807) is 0 Å². The molecule has 0 aromatic heterocycles. The molecule has 140 valence electrons. The van der Waals surface area contributed by atoms with Crippen LogP contribution in [0.5, 0.6) is 0 Å². The van der Waals surface area contributed by atoms with Crippen molar-refractivity contribution < 1.29 is 9.59 Å². The number of piperazine rings is 1. The van der Waals surface area contributed by atoms with Crippen LogP contribution in [-0.4, -0.2) is 47.8 Å². The van der Waals surface area contributed by atoms with E-state index in [1.807, 2.05) is 21.9 Å². The second kappa shape index (κ2) is 7.71. The number of carbonyl (C=O) groups is 2. The molecule has 1 heterocycles. The lowest BCUT2D eigenvalue weighted by molar-refractivity contribution is -0.140. The van der Waals surface area contributed by atoms with Crippen LogP contribution in [0.2, 0.25) is 0 Å². The molecule has 3 aliphatic rings. The molecule has 1 saturated heterocycles. The van der Waals surface area contributed by atoms with Gasteiger partial charge in [0.25, 0.3) is 0 Å². The first-order valence-corrected chi connectivity index (χ1v) is 10.7. The van der Waals surface area contributed by atoms with Crippen molar-refractivity contribution >= 4 is 27.7 Å². The Bertz CT molecular complexity index is 661. The maximum atomic E-state index is 12.8. The van der Waals surface area contributed by atoms with E-state index in [-0.39, 0.29) is 11.8 Å². The summed E-state index contributed by atoms with van der Waals surface area (Å²) >= 11 is 3.46. The third-order valence-electron chi connectivity index (χ3n) is 6.29. The highest BCUT2D eigenvalue weighted by Crippen LogP contribution is 2.48. The van der Waals surface area contributed by atoms with E-state index < -0.39 is 0 Å². The van der Waals surface area contributed by atoms with Crippen molar-refractivity contribution in [3.8, 4) is 0 Å². The van der Waals surface area contributed by atoms with Gasteiger partial charge in [-0.15, -0.1) is 0 Å². The fourth-order valence-corrected chi connectivity index (χ4v) is 4.81. The predicted molar refractivity (Wildman–Crippen MR) is 105 cm³/mol. The Balaban J connectivity index is 1.25. The number of hydrogen-bond donors (Lipinski definition) is 0. The summed E-state index contributed by atoms with van der Waals surface area (Å²) in [5, 5.41) is 0. The number of nitrogens with zero attached hydrogens (tertiary/aromatic N) is 2. The molecule has 2 aliphatic carbocycles. The zero-order chi connectivity index (χ0) is 18.1. The third kappa shape index (κ3) is 3.98. The number of halogens is 1. The van der Waals surface area contributed by atoms with Gasteiger partial charge in [-0.1, -0.05) is 40.9 Å². The fourth-order valence-electron chi connectivity index (χ4n) is 4.55. The summed E-state index contributed by atoms with van der Waals surface area (Å²) in [7, 11) is 0. The summed E-state index contributed by atoms with van der Waals surface area (Å²) in [5.74, 6) is 1.68. The van der Waals surface area contributed by atoms with Crippen molar-refractivity contribution in [2.45, 2.75) is 44.4 Å². The normalized spacial score (nSPS) is 26.2. The molecule has 26 heavy (non-hydrogen) atoms. The second-order valence-electron chi connectivity index (χ2n) is 8.06. The van der Waals surface area contributed by atoms with Crippen molar-refractivity contribution in [3.63, 3.8) is 0 Å². The molecular weight excluding hydrogens is 392 g/mol. The van der Waals surface area contributed by atoms with Crippen LogP contribution >= 0.6 is 15.9 Å². The van der Waals surface area contributed by atoms with E-state index in [0.29, 0.717) is 50.3 Å². The number of carbonyl (C=O) groups excluding carboxylic acids is 2. The number of benzene rings is 1. The zero-order valence-electron chi connectivity index (χ0n) is 15.2. The molecule has 1 aliphatic heterocycles. The summed E-state index contributed by atoms with van der Waals surface area (Å²) in [6.07, 6.45) is 6.65. The minimum Gasteiger partial charge on any atom is -0.339 e. The molecular formula is C21H27BrN2O2. The van der Waals surface area contributed by atoms with E-state index in [0.717, 1.165) is 10.9 Å². The summed E-state index contributed by atoms with van der Waals surface area (Å²) in [6.45, 7) is 2.79. The third-order valence-corrected chi connectivity index (χ3v) is 6.82. The highest BCUT2D eigenvalue weighted by Gasteiger charge is 2.46. The standard InChI is InChI=1S/C21H27BrN2O2/c22-17-7-5-16(6-8-17)18-14-19(18)21(26)24-11-9-23(10-12-24)20(25)13-15-3-1-2-4-15/h5-8,15,18-19H,1-4,9-14H2. The quantitative estimate of drug-likeness (QED) is 0.745. The maximum Gasteiger partial charge on any atom is 0.226 e. The van der Waals surface area contributed by atoms with Crippen LogP contribution in [0.4, 0.5) is 0 Å². The monoisotopic (exact) mass is 418 g/mol. The van der Waals surface area contributed by atoms with Crippen molar-refractivity contribution in [3.05, 3.63) is 34.3 Å². The molecule has 2 amide bonds. The predicted octanol–water partition coefficient (Wildman–Crippen LogP) is 3.80. The Kier molecular flexibility index (Phi) is 5.35. The highest BCUT2D eigenvalue weighted by atomic mass is 79.9. The van der Waals surface area contributed by atoms with Crippen molar-refractivity contribution in [2.24, 2.45) is 11.8 Å². The molecule has 0 N–H and O–H groups in total. The van der Waals surface area contributed by atoms with Crippen molar-refractivity contribution in [1.29, 1.82) is 0 Å². The lowest BCUT2D eigenvalue weighted by atomic mass is 10.0. The van der Waals surface area contributed by atoms with Crippen molar-refractivity contribution in [1.82, 2.24) is 9.80 Å². The fraction of sp³-hybridized carbons (Fsp3) is 0.619. The van der Waals surface area contributed by atoms with Crippen LogP contribution in [0.3, 0.4) is 0 Å². The molecule has 0 spiro atoms. The summed E-state index contributed by atoms with van der Waals surface area (Å²) in [6, 6.07) is 8.32. The SMILES string of the molecule is O=C(CC1CCCC1)N1CCN(C(=O)C2CC2c2ccc(Br)cc2)CC1. The molecule has 2 atom stereocenters. The first kappa shape index (κ1) is 18.0. The van der Waals surface area contributed by atoms with Gasteiger partial charge in [-0.2, -0.15) is 0 Å². The Morgan fingerprint density at radius 2 is 1.58 bits per heavy atom. The highest BCUT2D eigenvalue weighted by molar-refractivity contribution is 9.10. The number of rotatable bonds is 4. The van der Waals surface area contributed by atoms with Gasteiger partial charge in [-0.05, 0) is 48.8 Å². The molecule has 0 radical (unpaired) electrons. The average molecular weight is 419 g/mol. The van der Waals surface area contributed by atoms with Crippen LogP contribution in [0, 0.1) is 11.8 Å². The Morgan fingerprint density at radius 1 is 0.962 bits per heavy atom. The van der Waals surface area contributed by atoms with Crippen LogP contribution in [0.15, 0.2) is 28.7 Å². The zero-order valence-corrected chi connectivity index (χ0v) is 16.8. The molecule has 4 rings (SSSR count). The first-order chi connectivity index (χ1) is 12.6. The molecule has 3 fully saturated rings. The molecule has 5 heteroatoms. The minimum atomic E-state index is 0.136. The summed E-state index contributed by atoms with van der Waals surface area (Å²) in [5.41, 5.74) is 1.26.